The fraction of sp³-hybridized carbons (Fsp3) is 0.308. The van der Waals surface area contributed by atoms with E-state index in [4.69, 9.17) is 5.26 Å². The van der Waals surface area contributed by atoms with Crippen molar-refractivity contribution in [2.24, 2.45) is 0 Å². The Morgan fingerprint density at radius 2 is 2.00 bits per heavy atom. The summed E-state index contributed by atoms with van der Waals surface area (Å²) < 4.78 is 0. The highest BCUT2D eigenvalue weighted by atomic mass is 16.3. The molecular weight excluding hydrogens is 246 g/mol. The van der Waals surface area contributed by atoms with E-state index in [-0.39, 0.29) is 24.6 Å². The molecule has 0 aliphatic rings. The van der Waals surface area contributed by atoms with Crippen molar-refractivity contribution in [3.63, 3.8) is 0 Å². The van der Waals surface area contributed by atoms with E-state index >= 15 is 0 Å². The zero-order valence-electron chi connectivity index (χ0n) is 10.5. The highest BCUT2D eigenvalue weighted by Crippen LogP contribution is 2.11. The minimum absolute atomic E-state index is 0.107. The Balaban J connectivity index is 2.74. The van der Waals surface area contributed by atoms with Crippen molar-refractivity contribution in [1.82, 2.24) is 10.6 Å². The maximum atomic E-state index is 11.8. The SMILES string of the molecule is CC(=O)NC(Cc1ccc(O)cc1)C(=O)NCC#N. The third-order valence-corrected chi connectivity index (χ3v) is 2.41. The number of phenolic OH excluding ortho intramolecular Hbond substituents is 1. The highest BCUT2D eigenvalue weighted by molar-refractivity contribution is 5.87. The van der Waals surface area contributed by atoms with Gasteiger partial charge in [-0.2, -0.15) is 5.26 Å². The van der Waals surface area contributed by atoms with Gasteiger partial charge in [-0.1, -0.05) is 12.1 Å². The van der Waals surface area contributed by atoms with Crippen molar-refractivity contribution in [1.29, 1.82) is 5.26 Å². The third kappa shape index (κ3) is 5.08. The number of carbonyl (C=O) groups excluding carboxylic acids is 2. The minimum Gasteiger partial charge on any atom is -0.508 e. The third-order valence-electron chi connectivity index (χ3n) is 2.41. The molecule has 0 aliphatic heterocycles. The number of rotatable bonds is 5. The monoisotopic (exact) mass is 261 g/mol. The predicted molar refractivity (Wildman–Crippen MR) is 68.0 cm³/mol. The van der Waals surface area contributed by atoms with E-state index in [1.807, 2.05) is 0 Å². The van der Waals surface area contributed by atoms with Crippen LogP contribution < -0.4 is 10.6 Å². The van der Waals surface area contributed by atoms with Gasteiger partial charge < -0.3 is 15.7 Å². The van der Waals surface area contributed by atoms with Crippen LogP contribution in [-0.2, 0) is 16.0 Å². The Hall–Kier alpha value is -2.55. The van der Waals surface area contributed by atoms with E-state index in [2.05, 4.69) is 10.6 Å². The summed E-state index contributed by atoms with van der Waals surface area (Å²) in [7, 11) is 0. The van der Waals surface area contributed by atoms with E-state index < -0.39 is 11.9 Å². The van der Waals surface area contributed by atoms with Gasteiger partial charge in [-0.3, -0.25) is 9.59 Å². The van der Waals surface area contributed by atoms with Crippen LogP contribution in [0.2, 0.25) is 0 Å². The number of nitriles is 1. The van der Waals surface area contributed by atoms with E-state index in [0.717, 1.165) is 5.56 Å². The molecule has 0 saturated heterocycles. The van der Waals surface area contributed by atoms with Crippen LogP contribution in [0.25, 0.3) is 0 Å². The van der Waals surface area contributed by atoms with Gasteiger partial charge in [-0.25, -0.2) is 0 Å². The van der Waals surface area contributed by atoms with Gasteiger partial charge in [0.25, 0.3) is 0 Å². The molecule has 1 atom stereocenters. The lowest BCUT2D eigenvalue weighted by molar-refractivity contribution is -0.127. The number of hydrogen-bond acceptors (Lipinski definition) is 4. The number of hydrogen-bond donors (Lipinski definition) is 3. The molecule has 1 rings (SSSR count). The van der Waals surface area contributed by atoms with Gasteiger partial charge in [0.1, 0.15) is 18.3 Å². The summed E-state index contributed by atoms with van der Waals surface area (Å²) in [6.45, 7) is 1.21. The van der Waals surface area contributed by atoms with Crippen molar-refractivity contribution in [2.75, 3.05) is 6.54 Å². The van der Waals surface area contributed by atoms with Crippen LogP contribution in [0.15, 0.2) is 24.3 Å². The summed E-state index contributed by atoms with van der Waals surface area (Å²) in [5.41, 5.74) is 0.795. The van der Waals surface area contributed by atoms with Crippen LogP contribution in [0.5, 0.6) is 5.75 Å². The molecular formula is C13H15N3O3. The van der Waals surface area contributed by atoms with Crippen molar-refractivity contribution in [2.45, 2.75) is 19.4 Å². The van der Waals surface area contributed by atoms with Crippen molar-refractivity contribution in [3.8, 4) is 11.8 Å². The second kappa shape index (κ2) is 7.01. The van der Waals surface area contributed by atoms with E-state index in [1.165, 1.54) is 19.1 Å². The molecule has 1 unspecified atom stereocenters. The van der Waals surface area contributed by atoms with Crippen LogP contribution in [-0.4, -0.2) is 29.5 Å². The number of nitrogens with zero attached hydrogens (tertiary/aromatic N) is 1. The second-order valence-electron chi connectivity index (χ2n) is 4.00. The fourth-order valence-electron chi connectivity index (χ4n) is 1.57. The summed E-state index contributed by atoms with van der Waals surface area (Å²) in [4.78, 5) is 22.9. The molecule has 0 spiro atoms. The summed E-state index contributed by atoms with van der Waals surface area (Å²) in [6, 6.07) is 7.41. The topological polar surface area (TPSA) is 102 Å². The average molecular weight is 261 g/mol. The predicted octanol–water partition coefficient (Wildman–Crippen LogP) is 0.0792. The smallest absolute Gasteiger partial charge is 0.243 e. The van der Waals surface area contributed by atoms with Gasteiger partial charge in [0, 0.05) is 13.3 Å². The summed E-state index contributed by atoms with van der Waals surface area (Å²) in [6.07, 6.45) is 0.289. The number of aromatic hydroxyl groups is 1. The Kier molecular flexibility index (Phi) is 5.35. The molecule has 2 amide bonds. The maximum absolute atomic E-state index is 11.8. The van der Waals surface area contributed by atoms with Crippen LogP contribution in [0.1, 0.15) is 12.5 Å². The van der Waals surface area contributed by atoms with Crippen molar-refractivity contribution in [3.05, 3.63) is 29.8 Å². The number of carbonyl (C=O) groups is 2. The highest BCUT2D eigenvalue weighted by Gasteiger charge is 2.19. The molecule has 0 fully saturated rings. The second-order valence-corrected chi connectivity index (χ2v) is 4.00. The number of benzene rings is 1. The van der Waals surface area contributed by atoms with Crippen molar-refractivity contribution >= 4 is 11.8 Å². The number of nitrogens with one attached hydrogen (secondary N) is 2. The van der Waals surface area contributed by atoms with Crippen LogP contribution in [0, 0.1) is 11.3 Å². The molecule has 3 N–H and O–H groups in total. The molecule has 6 heteroatoms. The molecule has 19 heavy (non-hydrogen) atoms. The maximum Gasteiger partial charge on any atom is 0.243 e. The standard InChI is InChI=1S/C13H15N3O3/c1-9(17)16-12(13(19)15-7-6-14)8-10-2-4-11(18)5-3-10/h2-5,12,18H,7-8H2,1H3,(H,15,19)(H,16,17). The Morgan fingerprint density at radius 3 is 2.53 bits per heavy atom. The van der Waals surface area contributed by atoms with E-state index in [1.54, 1.807) is 18.2 Å². The molecule has 0 radical (unpaired) electrons. The molecule has 0 aliphatic carbocycles. The Bertz CT molecular complexity index is 491. The normalized spacial score (nSPS) is 11.2. The van der Waals surface area contributed by atoms with Crippen molar-refractivity contribution < 1.29 is 14.7 Å². The first kappa shape index (κ1) is 14.5. The van der Waals surface area contributed by atoms with Gasteiger partial charge >= 0.3 is 0 Å². The Morgan fingerprint density at radius 1 is 1.37 bits per heavy atom. The largest absolute Gasteiger partial charge is 0.508 e. The molecule has 0 aromatic heterocycles. The first-order valence-electron chi connectivity index (χ1n) is 5.72. The van der Waals surface area contributed by atoms with Gasteiger partial charge in [0.15, 0.2) is 0 Å². The van der Waals surface area contributed by atoms with Crippen LogP contribution in [0.3, 0.4) is 0 Å². The minimum atomic E-state index is -0.740. The molecule has 1 aromatic rings. The van der Waals surface area contributed by atoms with Gasteiger partial charge in [-0.05, 0) is 17.7 Å². The first-order valence-corrected chi connectivity index (χ1v) is 5.72. The number of amides is 2. The Labute approximate surface area is 111 Å². The van der Waals surface area contributed by atoms with E-state index in [0.29, 0.717) is 0 Å². The molecule has 0 saturated carbocycles. The molecule has 1 aromatic carbocycles. The fourth-order valence-corrected chi connectivity index (χ4v) is 1.57. The molecule has 0 bridgehead atoms. The van der Waals surface area contributed by atoms with Gasteiger partial charge in [0.2, 0.25) is 11.8 Å². The number of phenols is 1. The molecule has 6 nitrogen and oxygen atoms in total. The van der Waals surface area contributed by atoms with E-state index in [9.17, 15) is 14.7 Å². The zero-order valence-corrected chi connectivity index (χ0v) is 10.5. The van der Waals surface area contributed by atoms with Crippen LogP contribution >= 0.6 is 0 Å². The molecule has 100 valence electrons. The van der Waals surface area contributed by atoms with Gasteiger partial charge in [-0.15, -0.1) is 0 Å². The summed E-state index contributed by atoms with van der Waals surface area (Å²) in [5, 5.41) is 22.5. The molecule has 0 heterocycles. The zero-order chi connectivity index (χ0) is 14.3. The van der Waals surface area contributed by atoms with Crippen LogP contribution in [0.4, 0.5) is 0 Å². The average Bonchev–Trinajstić information content (AvgIpc) is 2.37. The lowest BCUT2D eigenvalue weighted by Crippen LogP contribution is -2.47. The summed E-state index contributed by atoms with van der Waals surface area (Å²) >= 11 is 0. The lowest BCUT2D eigenvalue weighted by atomic mass is 10.0. The summed E-state index contributed by atoms with van der Waals surface area (Å²) in [5.74, 6) is -0.602. The quantitative estimate of drug-likeness (QED) is 0.653. The first-order chi connectivity index (χ1) is 9.02. The lowest BCUT2D eigenvalue weighted by Gasteiger charge is -2.16. The van der Waals surface area contributed by atoms with Gasteiger partial charge in [0.05, 0.1) is 6.07 Å².